The summed E-state index contributed by atoms with van der Waals surface area (Å²) in [5.74, 6) is 0.830. The summed E-state index contributed by atoms with van der Waals surface area (Å²) in [5.41, 5.74) is 2.77. The van der Waals surface area contributed by atoms with Gasteiger partial charge in [0.25, 0.3) is 0 Å². The van der Waals surface area contributed by atoms with Crippen LogP contribution in [0.2, 0.25) is 0 Å². The number of hydrogen-bond acceptors (Lipinski definition) is 4. The summed E-state index contributed by atoms with van der Waals surface area (Å²) in [4.78, 5) is 6.32. The molecular weight excluding hydrogens is 303 g/mol. The van der Waals surface area contributed by atoms with Gasteiger partial charge in [-0.15, -0.1) is 0 Å². The summed E-state index contributed by atoms with van der Waals surface area (Å²) >= 11 is 0. The Hall–Kier alpha value is -1.95. The quantitative estimate of drug-likeness (QED) is 0.853. The zero-order valence-corrected chi connectivity index (χ0v) is 13.1. The summed E-state index contributed by atoms with van der Waals surface area (Å²) in [6, 6.07) is 8.51. The van der Waals surface area contributed by atoms with E-state index < -0.39 is 9.84 Å². The van der Waals surface area contributed by atoms with Gasteiger partial charge in [0, 0.05) is 19.3 Å². The van der Waals surface area contributed by atoms with Crippen LogP contribution in [0, 0.1) is 12.7 Å². The molecule has 2 aromatic rings. The van der Waals surface area contributed by atoms with Crippen molar-refractivity contribution >= 4 is 15.7 Å². The predicted molar refractivity (Wildman–Crippen MR) is 85.2 cm³/mol. The molecule has 2 heterocycles. The number of pyridine rings is 1. The van der Waals surface area contributed by atoms with Gasteiger partial charge < -0.3 is 4.90 Å². The van der Waals surface area contributed by atoms with Crippen molar-refractivity contribution in [3.63, 3.8) is 0 Å². The van der Waals surface area contributed by atoms with Gasteiger partial charge in [0.15, 0.2) is 9.84 Å². The largest absolute Gasteiger partial charge is 0.355 e. The molecule has 0 radical (unpaired) electrons. The molecule has 1 aliphatic heterocycles. The maximum absolute atomic E-state index is 13.2. The van der Waals surface area contributed by atoms with Crippen LogP contribution in [0.3, 0.4) is 0 Å². The van der Waals surface area contributed by atoms with Gasteiger partial charge in [-0.3, -0.25) is 0 Å². The van der Waals surface area contributed by atoms with Gasteiger partial charge in [0.05, 0.1) is 11.5 Å². The number of aromatic nitrogens is 1. The van der Waals surface area contributed by atoms with E-state index in [4.69, 9.17) is 0 Å². The molecular formula is C16H17FN2O2S. The van der Waals surface area contributed by atoms with E-state index in [0.29, 0.717) is 13.1 Å². The maximum atomic E-state index is 13.2. The molecule has 0 N–H and O–H groups in total. The van der Waals surface area contributed by atoms with Crippen LogP contribution in [-0.2, 0) is 9.84 Å². The summed E-state index contributed by atoms with van der Waals surface area (Å²) < 4.78 is 36.2. The summed E-state index contributed by atoms with van der Waals surface area (Å²) in [6.45, 7) is 2.79. The van der Waals surface area contributed by atoms with Crippen molar-refractivity contribution in [3.8, 4) is 11.1 Å². The molecule has 0 unspecified atom stereocenters. The lowest BCUT2D eigenvalue weighted by molar-refractivity contribution is 0.586. The molecule has 1 saturated heterocycles. The molecule has 22 heavy (non-hydrogen) atoms. The summed E-state index contributed by atoms with van der Waals surface area (Å²) in [7, 11) is -2.91. The van der Waals surface area contributed by atoms with Gasteiger partial charge >= 0.3 is 0 Å². The molecule has 116 valence electrons. The Bertz CT molecular complexity index is 792. The van der Waals surface area contributed by atoms with Gasteiger partial charge in [-0.25, -0.2) is 17.8 Å². The number of benzene rings is 1. The van der Waals surface area contributed by atoms with Crippen molar-refractivity contribution < 1.29 is 12.8 Å². The highest BCUT2D eigenvalue weighted by atomic mass is 32.2. The van der Waals surface area contributed by atoms with Gasteiger partial charge in [-0.05, 0) is 47.9 Å². The van der Waals surface area contributed by atoms with Crippen LogP contribution < -0.4 is 4.90 Å². The highest BCUT2D eigenvalue weighted by molar-refractivity contribution is 7.91. The second-order valence-corrected chi connectivity index (χ2v) is 7.80. The normalized spacial score (nSPS) is 17.5. The molecule has 0 atom stereocenters. The Kier molecular flexibility index (Phi) is 3.87. The van der Waals surface area contributed by atoms with Gasteiger partial charge in [-0.2, -0.15) is 0 Å². The second kappa shape index (κ2) is 5.68. The first-order valence-electron chi connectivity index (χ1n) is 7.12. The van der Waals surface area contributed by atoms with Crippen LogP contribution in [0.5, 0.6) is 0 Å². The van der Waals surface area contributed by atoms with Crippen molar-refractivity contribution in [1.29, 1.82) is 0 Å². The Morgan fingerprint density at radius 2 is 1.86 bits per heavy atom. The molecule has 1 aromatic heterocycles. The van der Waals surface area contributed by atoms with Crippen LogP contribution in [0.25, 0.3) is 11.1 Å². The third-order valence-corrected chi connectivity index (χ3v) is 5.52. The monoisotopic (exact) mass is 320 g/mol. The van der Waals surface area contributed by atoms with Crippen molar-refractivity contribution in [3.05, 3.63) is 47.9 Å². The minimum atomic E-state index is -2.91. The zero-order chi connectivity index (χ0) is 15.7. The highest BCUT2D eigenvalue weighted by Gasteiger charge is 2.22. The average molecular weight is 320 g/mol. The lowest BCUT2D eigenvalue weighted by Gasteiger charge is -2.28. The smallest absolute Gasteiger partial charge is 0.153 e. The van der Waals surface area contributed by atoms with E-state index >= 15 is 0 Å². The van der Waals surface area contributed by atoms with Crippen LogP contribution in [0.1, 0.15) is 5.56 Å². The lowest BCUT2D eigenvalue weighted by atomic mass is 10.0. The molecule has 6 heteroatoms. The number of aryl methyl sites for hydroxylation is 1. The Morgan fingerprint density at radius 1 is 1.14 bits per heavy atom. The molecule has 3 rings (SSSR count). The van der Waals surface area contributed by atoms with Crippen LogP contribution in [0.4, 0.5) is 10.2 Å². The van der Waals surface area contributed by atoms with Gasteiger partial charge in [-0.1, -0.05) is 6.07 Å². The van der Waals surface area contributed by atoms with Crippen LogP contribution in [-0.4, -0.2) is 38.0 Å². The van der Waals surface area contributed by atoms with Crippen molar-refractivity contribution in [2.75, 3.05) is 29.5 Å². The minimum absolute atomic E-state index is 0.161. The van der Waals surface area contributed by atoms with Crippen LogP contribution >= 0.6 is 0 Å². The fourth-order valence-electron chi connectivity index (χ4n) is 2.65. The van der Waals surface area contributed by atoms with E-state index in [-0.39, 0.29) is 17.3 Å². The summed E-state index contributed by atoms with van der Waals surface area (Å²) in [6.07, 6.45) is 1.70. The van der Waals surface area contributed by atoms with E-state index in [2.05, 4.69) is 4.98 Å². The Balaban J connectivity index is 1.90. The lowest BCUT2D eigenvalue weighted by Crippen LogP contribution is -2.40. The molecule has 0 spiro atoms. The average Bonchev–Trinajstić information content (AvgIpc) is 2.47. The SMILES string of the molecule is Cc1cc(F)ccc1-c1ccnc(N2CCS(=O)(=O)CC2)c1. The zero-order valence-electron chi connectivity index (χ0n) is 12.3. The first-order chi connectivity index (χ1) is 10.4. The van der Waals surface area contributed by atoms with E-state index in [1.165, 1.54) is 12.1 Å². The number of rotatable bonds is 2. The second-order valence-electron chi connectivity index (χ2n) is 5.50. The van der Waals surface area contributed by atoms with Crippen LogP contribution in [0.15, 0.2) is 36.5 Å². The van der Waals surface area contributed by atoms with Crippen molar-refractivity contribution in [2.45, 2.75) is 6.92 Å². The number of sulfone groups is 1. The Labute approximate surface area is 129 Å². The maximum Gasteiger partial charge on any atom is 0.153 e. The first-order valence-corrected chi connectivity index (χ1v) is 8.95. The minimum Gasteiger partial charge on any atom is -0.355 e. The van der Waals surface area contributed by atoms with Crippen molar-refractivity contribution in [2.24, 2.45) is 0 Å². The number of anilines is 1. The standard InChI is InChI=1S/C16H17FN2O2S/c1-12-10-14(17)2-3-15(12)13-4-5-18-16(11-13)19-6-8-22(20,21)9-7-19/h2-5,10-11H,6-9H2,1H3. The number of nitrogens with zero attached hydrogens (tertiary/aromatic N) is 2. The van der Waals surface area contributed by atoms with E-state index in [0.717, 1.165) is 22.5 Å². The summed E-state index contributed by atoms with van der Waals surface area (Å²) in [5, 5.41) is 0. The van der Waals surface area contributed by atoms with Gasteiger partial charge in [0.2, 0.25) is 0 Å². The third kappa shape index (κ3) is 3.11. The highest BCUT2D eigenvalue weighted by Crippen LogP contribution is 2.27. The number of halogens is 1. The molecule has 0 aliphatic carbocycles. The molecule has 1 aromatic carbocycles. The first kappa shape index (κ1) is 15.0. The molecule has 0 saturated carbocycles. The van der Waals surface area contributed by atoms with Gasteiger partial charge in [0.1, 0.15) is 11.6 Å². The third-order valence-electron chi connectivity index (χ3n) is 3.91. The van der Waals surface area contributed by atoms with Crippen molar-refractivity contribution in [1.82, 2.24) is 4.98 Å². The van der Waals surface area contributed by atoms with E-state index in [1.807, 2.05) is 24.0 Å². The topological polar surface area (TPSA) is 50.3 Å². The molecule has 0 bridgehead atoms. The molecule has 4 nitrogen and oxygen atoms in total. The van der Waals surface area contributed by atoms with E-state index in [1.54, 1.807) is 12.3 Å². The fourth-order valence-corrected chi connectivity index (χ4v) is 3.85. The molecule has 1 aliphatic rings. The fraction of sp³-hybridized carbons (Fsp3) is 0.312. The molecule has 0 amide bonds. The molecule has 1 fully saturated rings. The van der Waals surface area contributed by atoms with E-state index in [9.17, 15) is 12.8 Å². The predicted octanol–water partition coefficient (Wildman–Crippen LogP) is 2.43. The number of hydrogen-bond donors (Lipinski definition) is 0. The Morgan fingerprint density at radius 3 is 2.55 bits per heavy atom.